The molecular formula is C11H10N2O3. The number of carbonyl (C=O) groups is 3. The Morgan fingerprint density at radius 2 is 1.94 bits per heavy atom. The van der Waals surface area contributed by atoms with Crippen molar-refractivity contribution >= 4 is 17.7 Å². The molecule has 0 radical (unpaired) electrons. The van der Waals surface area contributed by atoms with E-state index >= 15 is 0 Å². The molecule has 0 aromatic heterocycles. The minimum atomic E-state index is -0.750. The first kappa shape index (κ1) is 10.4. The molecule has 0 aliphatic carbocycles. The zero-order chi connectivity index (χ0) is 11.5. The molecule has 5 heteroatoms. The summed E-state index contributed by atoms with van der Waals surface area (Å²) >= 11 is 0. The zero-order valence-corrected chi connectivity index (χ0v) is 8.40. The van der Waals surface area contributed by atoms with Gasteiger partial charge in [-0.15, -0.1) is 0 Å². The van der Waals surface area contributed by atoms with Gasteiger partial charge in [0.2, 0.25) is 11.8 Å². The molecule has 1 fully saturated rings. The molecule has 0 bridgehead atoms. The number of hydrogen-bond donors (Lipinski definition) is 2. The molecule has 82 valence electrons. The molecule has 3 amide bonds. The van der Waals surface area contributed by atoms with Gasteiger partial charge >= 0.3 is 0 Å². The number of benzene rings is 1. The molecule has 1 atom stereocenters. The average molecular weight is 218 g/mol. The van der Waals surface area contributed by atoms with Gasteiger partial charge in [0.05, 0.1) is 6.42 Å². The number of nitrogens with one attached hydrogen (secondary N) is 2. The van der Waals surface area contributed by atoms with Gasteiger partial charge in [0.25, 0.3) is 5.91 Å². The largest absolute Gasteiger partial charge is 0.340 e. The van der Waals surface area contributed by atoms with Crippen molar-refractivity contribution in [1.29, 1.82) is 0 Å². The monoisotopic (exact) mass is 218 g/mol. The van der Waals surface area contributed by atoms with Gasteiger partial charge in [-0.2, -0.15) is 0 Å². The van der Waals surface area contributed by atoms with Gasteiger partial charge in [0.1, 0.15) is 6.04 Å². The SMILES string of the molecule is O=C1CC(NC(=O)c2ccccc2)C(=O)N1. The van der Waals surface area contributed by atoms with Crippen LogP contribution in [0, 0.1) is 0 Å². The number of amides is 3. The molecule has 2 N–H and O–H groups in total. The highest BCUT2D eigenvalue weighted by Crippen LogP contribution is 2.04. The summed E-state index contributed by atoms with van der Waals surface area (Å²) in [6, 6.07) is 7.79. The third-order valence-corrected chi connectivity index (χ3v) is 2.31. The van der Waals surface area contributed by atoms with Crippen LogP contribution in [-0.2, 0) is 9.59 Å². The van der Waals surface area contributed by atoms with Crippen LogP contribution in [0.15, 0.2) is 30.3 Å². The van der Waals surface area contributed by atoms with Crippen molar-refractivity contribution in [3.05, 3.63) is 35.9 Å². The molecule has 1 aromatic rings. The molecule has 1 aromatic carbocycles. The lowest BCUT2D eigenvalue weighted by molar-refractivity contribution is -0.125. The summed E-state index contributed by atoms with van der Waals surface area (Å²) in [7, 11) is 0. The third-order valence-electron chi connectivity index (χ3n) is 2.31. The smallest absolute Gasteiger partial charge is 0.251 e. The maximum Gasteiger partial charge on any atom is 0.251 e. The van der Waals surface area contributed by atoms with Gasteiger partial charge in [0, 0.05) is 5.56 Å². The van der Waals surface area contributed by atoms with Crippen molar-refractivity contribution in [1.82, 2.24) is 10.6 Å². The molecule has 1 saturated heterocycles. The Morgan fingerprint density at radius 1 is 1.25 bits per heavy atom. The fourth-order valence-corrected chi connectivity index (χ4v) is 1.50. The summed E-state index contributed by atoms with van der Waals surface area (Å²) in [5, 5.41) is 4.63. The lowest BCUT2D eigenvalue weighted by Crippen LogP contribution is -2.40. The summed E-state index contributed by atoms with van der Waals surface area (Å²) in [6.45, 7) is 0. The Labute approximate surface area is 91.8 Å². The standard InChI is InChI=1S/C11H10N2O3/c14-9-6-8(11(16)13-9)12-10(15)7-4-2-1-3-5-7/h1-5,8H,6H2,(H,12,15)(H,13,14,16). The number of carbonyl (C=O) groups excluding carboxylic acids is 3. The summed E-state index contributed by atoms with van der Waals surface area (Å²) in [4.78, 5) is 33.8. The second-order valence-electron chi connectivity index (χ2n) is 3.51. The van der Waals surface area contributed by atoms with Crippen LogP contribution in [-0.4, -0.2) is 23.8 Å². The van der Waals surface area contributed by atoms with E-state index in [2.05, 4.69) is 10.6 Å². The normalized spacial score (nSPS) is 19.4. The Bertz CT molecular complexity index is 442. The van der Waals surface area contributed by atoms with Crippen molar-refractivity contribution in [2.45, 2.75) is 12.5 Å². The molecule has 1 unspecified atom stereocenters. The minimum Gasteiger partial charge on any atom is -0.340 e. The van der Waals surface area contributed by atoms with E-state index in [-0.39, 0.29) is 18.2 Å². The molecule has 16 heavy (non-hydrogen) atoms. The lowest BCUT2D eigenvalue weighted by atomic mass is 10.2. The number of hydrogen-bond acceptors (Lipinski definition) is 3. The van der Waals surface area contributed by atoms with Crippen molar-refractivity contribution in [2.75, 3.05) is 0 Å². The molecular weight excluding hydrogens is 208 g/mol. The van der Waals surface area contributed by atoms with E-state index in [4.69, 9.17) is 0 Å². The first-order valence-electron chi connectivity index (χ1n) is 4.86. The van der Waals surface area contributed by atoms with Gasteiger partial charge in [-0.1, -0.05) is 18.2 Å². The van der Waals surface area contributed by atoms with E-state index in [0.717, 1.165) is 0 Å². The highest BCUT2D eigenvalue weighted by molar-refractivity contribution is 6.08. The van der Waals surface area contributed by atoms with Crippen LogP contribution in [0.4, 0.5) is 0 Å². The molecule has 1 aliphatic rings. The third kappa shape index (κ3) is 2.08. The van der Waals surface area contributed by atoms with Crippen molar-refractivity contribution in [2.24, 2.45) is 0 Å². The Balaban J connectivity index is 2.03. The summed E-state index contributed by atoms with van der Waals surface area (Å²) in [6.07, 6.45) is 0.0113. The fourth-order valence-electron chi connectivity index (χ4n) is 1.50. The summed E-state index contributed by atoms with van der Waals surface area (Å²) < 4.78 is 0. The van der Waals surface area contributed by atoms with Gasteiger partial charge in [-0.3, -0.25) is 19.7 Å². The highest BCUT2D eigenvalue weighted by Gasteiger charge is 2.31. The van der Waals surface area contributed by atoms with E-state index < -0.39 is 11.9 Å². The second kappa shape index (κ2) is 4.14. The molecule has 0 saturated carbocycles. The topological polar surface area (TPSA) is 75.3 Å². The molecule has 1 aliphatic heterocycles. The van der Waals surface area contributed by atoms with Crippen LogP contribution in [0.5, 0.6) is 0 Å². The number of imide groups is 1. The van der Waals surface area contributed by atoms with Gasteiger partial charge in [-0.05, 0) is 12.1 Å². The van der Waals surface area contributed by atoms with Crippen molar-refractivity contribution < 1.29 is 14.4 Å². The van der Waals surface area contributed by atoms with Crippen LogP contribution in [0.2, 0.25) is 0 Å². The molecule has 2 rings (SSSR count). The molecule has 0 spiro atoms. The van der Waals surface area contributed by atoms with Crippen LogP contribution >= 0.6 is 0 Å². The quantitative estimate of drug-likeness (QED) is 0.677. The predicted octanol–water partition coefficient (Wildman–Crippen LogP) is -0.169. The molecule has 1 heterocycles. The van der Waals surface area contributed by atoms with E-state index in [1.807, 2.05) is 0 Å². The Kier molecular flexibility index (Phi) is 2.68. The van der Waals surface area contributed by atoms with E-state index in [9.17, 15) is 14.4 Å². The van der Waals surface area contributed by atoms with Crippen LogP contribution < -0.4 is 10.6 Å². The predicted molar refractivity (Wildman–Crippen MR) is 55.5 cm³/mol. The van der Waals surface area contributed by atoms with Crippen LogP contribution in [0.3, 0.4) is 0 Å². The minimum absolute atomic E-state index is 0.0113. The Morgan fingerprint density at radius 3 is 2.50 bits per heavy atom. The van der Waals surface area contributed by atoms with Crippen LogP contribution in [0.25, 0.3) is 0 Å². The van der Waals surface area contributed by atoms with Crippen LogP contribution in [0.1, 0.15) is 16.8 Å². The first-order chi connectivity index (χ1) is 7.66. The fraction of sp³-hybridized carbons (Fsp3) is 0.182. The van der Waals surface area contributed by atoms with E-state index in [0.29, 0.717) is 5.56 Å². The summed E-state index contributed by atoms with van der Waals surface area (Å²) in [5.41, 5.74) is 0.467. The number of rotatable bonds is 2. The van der Waals surface area contributed by atoms with Gasteiger partial charge in [0.15, 0.2) is 0 Å². The second-order valence-corrected chi connectivity index (χ2v) is 3.51. The van der Waals surface area contributed by atoms with E-state index in [1.165, 1.54) is 0 Å². The average Bonchev–Trinajstić information content (AvgIpc) is 2.59. The lowest BCUT2D eigenvalue weighted by Gasteiger charge is -2.08. The maximum atomic E-state index is 11.7. The molecule has 5 nitrogen and oxygen atoms in total. The maximum absolute atomic E-state index is 11.7. The van der Waals surface area contributed by atoms with Crippen molar-refractivity contribution in [3.63, 3.8) is 0 Å². The van der Waals surface area contributed by atoms with Gasteiger partial charge < -0.3 is 5.32 Å². The van der Waals surface area contributed by atoms with E-state index in [1.54, 1.807) is 30.3 Å². The zero-order valence-electron chi connectivity index (χ0n) is 8.40. The van der Waals surface area contributed by atoms with Crippen molar-refractivity contribution in [3.8, 4) is 0 Å². The highest BCUT2D eigenvalue weighted by atomic mass is 16.2. The van der Waals surface area contributed by atoms with Gasteiger partial charge in [-0.25, -0.2) is 0 Å². The first-order valence-corrected chi connectivity index (χ1v) is 4.86. The summed E-state index contributed by atoms with van der Waals surface area (Å²) in [5.74, 6) is -1.16. The Hall–Kier alpha value is -2.17.